The number of benzene rings is 1. The standard InChI is InChI=1S/C13H9BrN2O3S/c14-9-4-10(20-6-9)5-15-16-13(17)8-1-2-11-12(3-8)19-7-18-11/h1-6H,7H2,(H,16,17)/b15-5+. The highest BCUT2D eigenvalue weighted by Gasteiger charge is 2.15. The molecule has 0 spiro atoms. The monoisotopic (exact) mass is 352 g/mol. The van der Waals surface area contributed by atoms with Crippen molar-refractivity contribution >= 4 is 39.4 Å². The number of hydrogen-bond acceptors (Lipinski definition) is 5. The van der Waals surface area contributed by atoms with Gasteiger partial charge in [-0.2, -0.15) is 5.10 Å². The second kappa shape index (κ2) is 5.64. The molecule has 5 nitrogen and oxygen atoms in total. The summed E-state index contributed by atoms with van der Waals surface area (Å²) in [5.74, 6) is 0.924. The predicted molar refractivity (Wildman–Crippen MR) is 79.6 cm³/mol. The molecule has 0 atom stereocenters. The van der Waals surface area contributed by atoms with E-state index < -0.39 is 0 Å². The van der Waals surface area contributed by atoms with Crippen LogP contribution in [0, 0.1) is 0 Å². The van der Waals surface area contributed by atoms with Crippen molar-refractivity contribution < 1.29 is 14.3 Å². The van der Waals surface area contributed by atoms with E-state index in [1.54, 1.807) is 24.4 Å². The summed E-state index contributed by atoms with van der Waals surface area (Å²) in [5, 5.41) is 5.86. The third-order valence-corrected chi connectivity index (χ3v) is 4.21. The molecular weight excluding hydrogens is 344 g/mol. The minimum Gasteiger partial charge on any atom is -0.454 e. The van der Waals surface area contributed by atoms with E-state index >= 15 is 0 Å². The topological polar surface area (TPSA) is 59.9 Å². The summed E-state index contributed by atoms with van der Waals surface area (Å²) in [6.07, 6.45) is 1.60. The number of amides is 1. The van der Waals surface area contributed by atoms with Crippen LogP contribution in [0.2, 0.25) is 0 Å². The molecule has 1 aliphatic rings. The van der Waals surface area contributed by atoms with Crippen LogP contribution in [-0.2, 0) is 0 Å². The van der Waals surface area contributed by atoms with Crippen molar-refractivity contribution in [1.82, 2.24) is 5.43 Å². The summed E-state index contributed by atoms with van der Waals surface area (Å²) in [6.45, 7) is 0.186. The van der Waals surface area contributed by atoms with Gasteiger partial charge >= 0.3 is 0 Å². The zero-order valence-corrected chi connectivity index (χ0v) is 12.5. The van der Waals surface area contributed by atoms with Crippen LogP contribution < -0.4 is 14.9 Å². The van der Waals surface area contributed by atoms with Crippen LogP contribution in [0.25, 0.3) is 0 Å². The quantitative estimate of drug-likeness (QED) is 0.682. The Morgan fingerprint density at radius 3 is 3.00 bits per heavy atom. The molecule has 0 radical (unpaired) electrons. The van der Waals surface area contributed by atoms with Gasteiger partial charge in [-0.3, -0.25) is 4.79 Å². The van der Waals surface area contributed by atoms with Crippen LogP contribution in [0.1, 0.15) is 15.2 Å². The summed E-state index contributed by atoms with van der Waals surface area (Å²) in [5.41, 5.74) is 2.94. The van der Waals surface area contributed by atoms with E-state index in [4.69, 9.17) is 9.47 Å². The van der Waals surface area contributed by atoms with Crippen molar-refractivity contribution in [3.63, 3.8) is 0 Å². The molecule has 20 heavy (non-hydrogen) atoms. The number of hydrazone groups is 1. The van der Waals surface area contributed by atoms with Crippen LogP contribution in [0.4, 0.5) is 0 Å². The first kappa shape index (κ1) is 13.1. The van der Waals surface area contributed by atoms with Gasteiger partial charge in [0.2, 0.25) is 6.79 Å². The molecule has 0 saturated heterocycles. The molecule has 1 amide bonds. The molecule has 102 valence electrons. The van der Waals surface area contributed by atoms with Gasteiger partial charge in [0.15, 0.2) is 11.5 Å². The summed E-state index contributed by atoms with van der Waals surface area (Å²) in [7, 11) is 0. The van der Waals surface area contributed by atoms with Crippen LogP contribution >= 0.6 is 27.3 Å². The third-order valence-electron chi connectivity index (χ3n) is 2.58. The number of carbonyl (C=O) groups is 1. The molecule has 0 bridgehead atoms. The van der Waals surface area contributed by atoms with E-state index in [-0.39, 0.29) is 12.7 Å². The minimum absolute atomic E-state index is 0.186. The van der Waals surface area contributed by atoms with Gasteiger partial charge in [0.25, 0.3) is 5.91 Å². The van der Waals surface area contributed by atoms with Crippen molar-refractivity contribution in [2.24, 2.45) is 5.10 Å². The van der Waals surface area contributed by atoms with Gasteiger partial charge in [-0.05, 0) is 40.2 Å². The Kier molecular flexibility index (Phi) is 3.70. The molecule has 1 aromatic carbocycles. The molecule has 1 aliphatic heterocycles. The van der Waals surface area contributed by atoms with Crippen LogP contribution in [0.3, 0.4) is 0 Å². The van der Waals surface area contributed by atoms with Gasteiger partial charge in [0, 0.05) is 20.3 Å². The van der Waals surface area contributed by atoms with E-state index in [1.165, 1.54) is 11.3 Å². The first-order chi connectivity index (χ1) is 9.72. The number of thiophene rings is 1. The highest BCUT2D eigenvalue weighted by Crippen LogP contribution is 2.32. The summed E-state index contributed by atoms with van der Waals surface area (Å²) >= 11 is 4.88. The molecule has 0 aliphatic carbocycles. The van der Waals surface area contributed by atoms with E-state index in [1.807, 2.05) is 11.4 Å². The van der Waals surface area contributed by atoms with Crippen molar-refractivity contribution in [3.05, 3.63) is 44.6 Å². The molecular formula is C13H9BrN2O3S. The lowest BCUT2D eigenvalue weighted by atomic mass is 10.2. The van der Waals surface area contributed by atoms with Crippen molar-refractivity contribution in [2.45, 2.75) is 0 Å². The Balaban J connectivity index is 1.66. The average molecular weight is 353 g/mol. The summed E-state index contributed by atoms with van der Waals surface area (Å²) in [4.78, 5) is 12.9. The smallest absolute Gasteiger partial charge is 0.271 e. The largest absolute Gasteiger partial charge is 0.454 e. The molecule has 1 aromatic heterocycles. The highest BCUT2D eigenvalue weighted by molar-refractivity contribution is 9.10. The number of fused-ring (bicyclic) bond motifs is 1. The second-order valence-electron chi connectivity index (χ2n) is 3.93. The number of nitrogens with zero attached hydrogens (tertiary/aromatic N) is 1. The van der Waals surface area contributed by atoms with E-state index in [0.29, 0.717) is 17.1 Å². The molecule has 3 rings (SSSR count). The maximum absolute atomic E-state index is 11.9. The SMILES string of the molecule is O=C(N/N=C/c1cc(Br)cs1)c1ccc2c(c1)OCO2. The van der Waals surface area contributed by atoms with E-state index in [9.17, 15) is 4.79 Å². The Labute approximate surface area is 127 Å². The fraction of sp³-hybridized carbons (Fsp3) is 0.0769. The molecule has 2 heterocycles. The molecule has 0 unspecified atom stereocenters. The van der Waals surface area contributed by atoms with Crippen molar-refractivity contribution in [2.75, 3.05) is 6.79 Å². The van der Waals surface area contributed by atoms with Gasteiger partial charge in [-0.1, -0.05) is 0 Å². The number of nitrogens with one attached hydrogen (secondary N) is 1. The number of rotatable bonds is 3. The minimum atomic E-state index is -0.296. The molecule has 0 fully saturated rings. The number of ether oxygens (including phenoxy) is 2. The lowest BCUT2D eigenvalue weighted by Crippen LogP contribution is -2.17. The van der Waals surface area contributed by atoms with Crippen LogP contribution in [-0.4, -0.2) is 18.9 Å². The zero-order chi connectivity index (χ0) is 13.9. The maximum Gasteiger partial charge on any atom is 0.271 e. The zero-order valence-electron chi connectivity index (χ0n) is 10.1. The average Bonchev–Trinajstić information content (AvgIpc) is 3.06. The first-order valence-corrected chi connectivity index (χ1v) is 7.37. The molecule has 7 heteroatoms. The van der Waals surface area contributed by atoms with Gasteiger partial charge in [0.05, 0.1) is 6.21 Å². The van der Waals surface area contributed by atoms with Gasteiger partial charge in [0.1, 0.15) is 0 Å². The van der Waals surface area contributed by atoms with Gasteiger partial charge in [-0.25, -0.2) is 5.43 Å². The Morgan fingerprint density at radius 2 is 2.20 bits per heavy atom. The van der Waals surface area contributed by atoms with Gasteiger partial charge in [-0.15, -0.1) is 11.3 Å². The third kappa shape index (κ3) is 2.83. The predicted octanol–water partition coefficient (Wildman–Crippen LogP) is 3.00. The number of carbonyl (C=O) groups excluding carboxylic acids is 1. The van der Waals surface area contributed by atoms with Gasteiger partial charge < -0.3 is 9.47 Å². The van der Waals surface area contributed by atoms with E-state index in [2.05, 4.69) is 26.5 Å². The Morgan fingerprint density at radius 1 is 1.35 bits per heavy atom. The lowest BCUT2D eigenvalue weighted by Gasteiger charge is -2.01. The summed E-state index contributed by atoms with van der Waals surface area (Å²) in [6, 6.07) is 6.92. The van der Waals surface area contributed by atoms with Crippen LogP contribution in [0.15, 0.2) is 39.2 Å². The fourth-order valence-electron chi connectivity index (χ4n) is 1.65. The number of halogens is 1. The van der Waals surface area contributed by atoms with Crippen molar-refractivity contribution in [1.29, 1.82) is 0 Å². The Bertz CT molecular complexity index is 684. The molecule has 0 saturated carbocycles. The highest BCUT2D eigenvalue weighted by atomic mass is 79.9. The number of hydrogen-bond donors (Lipinski definition) is 1. The Hall–Kier alpha value is -1.86. The lowest BCUT2D eigenvalue weighted by molar-refractivity contribution is 0.0954. The first-order valence-electron chi connectivity index (χ1n) is 5.69. The molecule has 1 N–H and O–H groups in total. The second-order valence-corrected chi connectivity index (χ2v) is 5.79. The fourth-order valence-corrected chi connectivity index (χ4v) is 2.96. The van der Waals surface area contributed by atoms with E-state index in [0.717, 1.165) is 9.35 Å². The maximum atomic E-state index is 11.9. The van der Waals surface area contributed by atoms with Crippen LogP contribution in [0.5, 0.6) is 11.5 Å². The molecule has 2 aromatic rings. The normalized spacial score (nSPS) is 12.8. The van der Waals surface area contributed by atoms with Crippen molar-refractivity contribution in [3.8, 4) is 11.5 Å². The summed E-state index contributed by atoms with van der Waals surface area (Å²) < 4.78 is 11.4.